The van der Waals surface area contributed by atoms with Gasteiger partial charge in [0.25, 0.3) is 11.6 Å². The molecule has 0 spiro atoms. The van der Waals surface area contributed by atoms with Gasteiger partial charge in [0.1, 0.15) is 11.6 Å². The number of nitrogens with one attached hydrogen (secondary N) is 1. The molecule has 0 aromatic heterocycles. The molecule has 0 saturated heterocycles. The number of amides is 1. The second-order valence-electron chi connectivity index (χ2n) is 3.86. The lowest BCUT2D eigenvalue weighted by Gasteiger charge is -2.06. The van der Waals surface area contributed by atoms with Gasteiger partial charge in [0.05, 0.1) is 16.2 Å². The summed E-state index contributed by atoms with van der Waals surface area (Å²) in [6.07, 6.45) is 0. The van der Waals surface area contributed by atoms with E-state index < -0.39 is 33.7 Å². The van der Waals surface area contributed by atoms with Crippen LogP contribution in [0.3, 0.4) is 0 Å². The van der Waals surface area contributed by atoms with E-state index in [0.717, 1.165) is 24.3 Å². The summed E-state index contributed by atoms with van der Waals surface area (Å²) in [5.74, 6) is -2.58. The normalized spacial score (nSPS) is 10.1. The molecular formula is C13H8F2N2O3. The number of nitrogens with zero attached hydrogens (tertiary/aromatic N) is 1. The zero-order valence-corrected chi connectivity index (χ0v) is 9.97. The summed E-state index contributed by atoms with van der Waals surface area (Å²) in [5.41, 5.74) is -1.09. The second-order valence-corrected chi connectivity index (χ2v) is 3.86. The molecule has 5 nitrogen and oxygen atoms in total. The number of para-hydroxylation sites is 1. The molecule has 0 heterocycles. The largest absolute Gasteiger partial charge is 0.319 e. The van der Waals surface area contributed by atoms with E-state index in [4.69, 9.17) is 0 Å². The average Bonchev–Trinajstić information content (AvgIpc) is 2.41. The Labute approximate surface area is 112 Å². The highest BCUT2D eigenvalue weighted by Gasteiger charge is 2.17. The van der Waals surface area contributed by atoms with E-state index in [1.54, 1.807) is 0 Å². The SMILES string of the molecule is O=C(Nc1ccccc1F)c1cc([N+](=O)[O-])ccc1F. The van der Waals surface area contributed by atoms with Gasteiger partial charge in [0.2, 0.25) is 0 Å². The standard InChI is InChI=1S/C13H8F2N2O3/c14-10-6-5-8(17(19)20)7-9(10)13(18)16-12-4-2-1-3-11(12)15/h1-7H,(H,16,18). The lowest BCUT2D eigenvalue weighted by Crippen LogP contribution is -2.15. The minimum absolute atomic E-state index is 0.136. The van der Waals surface area contributed by atoms with Crippen molar-refractivity contribution in [1.82, 2.24) is 0 Å². The van der Waals surface area contributed by atoms with Gasteiger partial charge in [0.15, 0.2) is 0 Å². The number of nitro benzene ring substituents is 1. The minimum atomic E-state index is -0.962. The molecule has 20 heavy (non-hydrogen) atoms. The Bertz CT molecular complexity index is 689. The first-order chi connectivity index (χ1) is 9.49. The number of carbonyl (C=O) groups excluding carboxylic acids is 1. The molecule has 0 bridgehead atoms. The van der Waals surface area contributed by atoms with Crippen molar-refractivity contribution < 1.29 is 18.5 Å². The molecule has 102 valence electrons. The van der Waals surface area contributed by atoms with Gasteiger partial charge >= 0.3 is 0 Å². The van der Waals surface area contributed by atoms with Crippen LogP contribution in [0.5, 0.6) is 0 Å². The van der Waals surface area contributed by atoms with Crippen molar-refractivity contribution in [2.75, 3.05) is 5.32 Å². The van der Waals surface area contributed by atoms with Crippen LogP contribution in [-0.4, -0.2) is 10.8 Å². The number of carbonyl (C=O) groups is 1. The Morgan fingerprint density at radius 1 is 1.10 bits per heavy atom. The lowest BCUT2D eigenvalue weighted by atomic mass is 10.1. The molecule has 0 aliphatic carbocycles. The fraction of sp³-hybridized carbons (Fsp3) is 0. The number of benzene rings is 2. The van der Waals surface area contributed by atoms with E-state index in [9.17, 15) is 23.7 Å². The van der Waals surface area contributed by atoms with Crippen LogP contribution in [0.1, 0.15) is 10.4 Å². The second kappa shape index (κ2) is 5.43. The number of anilines is 1. The third-order valence-corrected chi connectivity index (χ3v) is 2.53. The van der Waals surface area contributed by atoms with Gasteiger partial charge in [-0.2, -0.15) is 0 Å². The summed E-state index contributed by atoms with van der Waals surface area (Å²) in [4.78, 5) is 21.7. The maximum atomic E-state index is 13.5. The predicted molar refractivity (Wildman–Crippen MR) is 67.4 cm³/mol. The first-order valence-corrected chi connectivity index (χ1v) is 5.49. The highest BCUT2D eigenvalue weighted by atomic mass is 19.1. The van der Waals surface area contributed by atoms with Gasteiger partial charge in [-0.1, -0.05) is 12.1 Å². The Balaban J connectivity index is 2.32. The number of halogens is 2. The van der Waals surface area contributed by atoms with E-state index in [1.807, 2.05) is 0 Å². The van der Waals surface area contributed by atoms with Crippen molar-refractivity contribution in [3.8, 4) is 0 Å². The summed E-state index contributed by atoms with van der Waals surface area (Å²) in [6, 6.07) is 7.89. The quantitative estimate of drug-likeness (QED) is 0.692. The molecule has 0 aliphatic heterocycles. The van der Waals surface area contributed by atoms with Crippen LogP contribution >= 0.6 is 0 Å². The van der Waals surface area contributed by atoms with Crippen LogP contribution in [0, 0.1) is 21.7 Å². The molecular weight excluding hydrogens is 270 g/mol. The molecule has 7 heteroatoms. The van der Waals surface area contributed by atoms with Crippen molar-refractivity contribution in [3.63, 3.8) is 0 Å². The fourth-order valence-electron chi connectivity index (χ4n) is 1.55. The van der Waals surface area contributed by atoms with Gasteiger partial charge in [-0.15, -0.1) is 0 Å². The Kier molecular flexibility index (Phi) is 3.69. The number of hydrogen-bond acceptors (Lipinski definition) is 3. The Morgan fingerprint density at radius 2 is 1.80 bits per heavy atom. The smallest absolute Gasteiger partial charge is 0.270 e. The van der Waals surface area contributed by atoms with Crippen LogP contribution in [0.15, 0.2) is 42.5 Å². The number of hydrogen-bond donors (Lipinski definition) is 1. The summed E-state index contributed by atoms with van der Waals surface area (Å²) in [7, 11) is 0. The summed E-state index contributed by atoms with van der Waals surface area (Å²) in [6.45, 7) is 0. The molecule has 0 aliphatic rings. The maximum absolute atomic E-state index is 13.5. The minimum Gasteiger partial charge on any atom is -0.319 e. The number of nitro groups is 1. The molecule has 0 atom stereocenters. The fourth-order valence-corrected chi connectivity index (χ4v) is 1.55. The van der Waals surface area contributed by atoms with Crippen LogP contribution < -0.4 is 5.32 Å². The average molecular weight is 278 g/mol. The van der Waals surface area contributed by atoms with Gasteiger partial charge in [-0.25, -0.2) is 8.78 Å². The molecule has 2 aromatic rings. The third kappa shape index (κ3) is 2.77. The molecule has 1 N–H and O–H groups in total. The zero-order chi connectivity index (χ0) is 14.7. The number of non-ortho nitro benzene ring substituents is 1. The molecule has 0 fully saturated rings. The highest BCUT2D eigenvalue weighted by molar-refractivity contribution is 6.04. The number of rotatable bonds is 3. The molecule has 2 rings (SSSR count). The lowest BCUT2D eigenvalue weighted by molar-refractivity contribution is -0.384. The van der Waals surface area contributed by atoms with Crippen LogP contribution in [0.25, 0.3) is 0 Å². The Morgan fingerprint density at radius 3 is 2.45 bits per heavy atom. The van der Waals surface area contributed by atoms with Crippen LogP contribution in [0.2, 0.25) is 0 Å². The van der Waals surface area contributed by atoms with Crippen molar-refractivity contribution in [1.29, 1.82) is 0 Å². The first kappa shape index (κ1) is 13.6. The third-order valence-electron chi connectivity index (χ3n) is 2.53. The molecule has 2 aromatic carbocycles. The van der Waals surface area contributed by atoms with Crippen molar-refractivity contribution >= 4 is 17.3 Å². The van der Waals surface area contributed by atoms with Crippen LogP contribution in [0.4, 0.5) is 20.2 Å². The van der Waals surface area contributed by atoms with E-state index in [2.05, 4.69) is 5.32 Å². The first-order valence-electron chi connectivity index (χ1n) is 5.49. The Hall–Kier alpha value is -2.83. The van der Waals surface area contributed by atoms with Crippen molar-refractivity contribution in [3.05, 3.63) is 69.8 Å². The van der Waals surface area contributed by atoms with Gasteiger partial charge in [-0.05, 0) is 18.2 Å². The van der Waals surface area contributed by atoms with Crippen LogP contribution in [-0.2, 0) is 0 Å². The monoisotopic (exact) mass is 278 g/mol. The van der Waals surface area contributed by atoms with E-state index in [1.165, 1.54) is 18.2 Å². The van der Waals surface area contributed by atoms with Gasteiger partial charge < -0.3 is 5.32 Å². The van der Waals surface area contributed by atoms with Gasteiger partial charge in [-0.3, -0.25) is 14.9 Å². The van der Waals surface area contributed by atoms with Crippen molar-refractivity contribution in [2.45, 2.75) is 0 Å². The molecule has 0 radical (unpaired) electrons. The summed E-state index contributed by atoms with van der Waals surface area (Å²) >= 11 is 0. The zero-order valence-electron chi connectivity index (χ0n) is 9.97. The van der Waals surface area contributed by atoms with Crippen molar-refractivity contribution in [2.24, 2.45) is 0 Å². The van der Waals surface area contributed by atoms with E-state index >= 15 is 0 Å². The topological polar surface area (TPSA) is 72.2 Å². The molecule has 1 amide bonds. The molecule has 0 unspecified atom stereocenters. The maximum Gasteiger partial charge on any atom is 0.270 e. The highest BCUT2D eigenvalue weighted by Crippen LogP contribution is 2.19. The summed E-state index contributed by atoms with van der Waals surface area (Å²) < 4.78 is 26.9. The van der Waals surface area contributed by atoms with Gasteiger partial charge in [0, 0.05) is 12.1 Å². The molecule has 0 saturated carbocycles. The summed E-state index contributed by atoms with van der Waals surface area (Å²) in [5, 5.41) is 12.7. The predicted octanol–water partition coefficient (Wildman–Crippen LogP) is 3.13. The van der Waals surface area contributed by atoms with E-state index in [-0.39, 0.29) is 5.69 Å². The van der Waals surface area contributed by atoms with E-state index in [0.29, 0.717) is 0 Å².